The van der Waals surface area contributed by atoms with E-state index in [0.717, 1.165) is 0 Å². The lowest BCUT2D eigenvalue weighted by molar-refractivity contribution is -0.151. The van der Waals surface area contributed by atoms with Crippen LogP contribution in [-0.2, 0) is 9.53 Å². The second kappa shape index (κ2) is 4.94. The van der Waals surface area contributed by atoms with Crippen LogP contribution in [0.25, 0.3) is 0 Å². The van der Waals surface area contributed by atoms with Gasteiger partial charge in [-0.15, -0.1) is 0 Å². The molecular formula is C11H23NO3. The average Bonchev–Trinajstić information content (AvgIpc) is 2.02. The van der Waals surface area contributed by atoms with Gasteiger partial charge >= 0.3 is 5.97 Å². The van der Waals surface area contributed by atoms with Crippen LogP contribution in [0.4, 0.5) is 0 Å². The van der Waals surface area contributed by atoms with E-state index in [9.17, 15) is 4.79 Å². The molecule has 4 nitrogen and oxygen atoms in total. The quantitative estimate of drug-likeness (QED) is 0.708. The van der Waals surface area contributed by atoms with Gasteiger partial charge in [0.2, 0.25) is 0 Å². The number of carboxylic acid groups (broad SMARTS) is 1. The Bertz CT molecular complexity index is 224. The van der Waals surface area contributed by atoms with Crippen molar-refractivity contribution in [2.45, 2.75) is 46.2 Å². The number of methoxy groups -OCH3 is 1. The molecule has 0 aliphatic rings. The first kappa shape index (κ1) is 14.4. The second-order valence-corrected chi connectivity index (χ2v) is 5.06. The van der Waals surface area contributed by atoms with Crippen LogP contribution in [0.3, 0.4) is 0 Å². The highest BCUT2D eigenvalue weighted by atomic mass is 16.5. The summed E-state index contributed by atoms with van der Waals surface area (Å²) in [6.45, 7) is 9.78. The first-order valence-corrected chi connectivity index (χ1v) is 5.15. The summed E-state index contributed by atoms with van der Waals surface area (Å²) in [5, 5.41) is 12.4. The number of nitrogens with one attached hydrogen (secondary N) is 1. The predicted octanol–water partition coefficient (Wildman–Crippen LogP) is 1.50. The lowest BCUT2D eigenvalue weighted by atomic mass is 9.74. The van der Waals surface area contributed by atoms with Crippen molar-refractivity contribution in [1.29, 1.82) is 0 Å². The number of carboxylic acids is 1. The van der Waals surface area contributed by atoms with Gasteiger partial charge in [0.05, 0.1) is 12.0 Å². The van der Waals surface area contributed by atoms with Gasteiger partial charge in [-0.2, -0.15) is 0 Å². The smallest absolute Gasteiger partial charge is 0.310 e. The van der Waals surface area contributed by atoms with Gasteiger partial charge in [-0.25, -0.2) is 0 Å². The van der Waals surface area contributed by atoms with E-state index in [1.165, 1.54) is 0 Å². The average molecular weight is 217 g/mol. The molecule has 90 valence electrons. The third kappa shape index (κ3) is 3.47. The number of ether oxygens (including phenoxy) is 1. The molecule has 1 atom stereocenters. The van der Waals surface area contributed by atoms with Crippen molar-refractivity contribution in [3.8, 4) is 0 Å². The molecule has 0 aromatic heterocycles. The summed E-state index contributed by atoms with van der Waals surface area (Å²) in [6.07, 6.45) is 0. The van der Waals surface area contributed by atoms with E-state index in [1.54, 1.807) is 21.0 Å². The fraction of sp³-hybridized carbons (Fsp3) is 0.909. The number of hydrogen-bond acceptors (Lipinski definition) is 3. The summed E-state index contributed by atoms with van der Waals surface area (Å²) in [5.74, 6) is -0.801. The molecule has 0 radical (unpaired) electrons. The van der Waals surface area contributed by atoms with Crippen molar-refractivity contribution in [2.75, 3.05) is 13.7 Å². The minimum Gasteiger partial charge on any atom is -0.481 e. The highest BCUT2D eigenvalue weighted by molar-refractivity contribution is 5.75. The van der Waals surface area contributed by atoms with E-state index in [2.05, 4.69) is 5.32 Å². The normalized spacial score (nSPS) is 15.1. The summed E-state index contributed by atoms with van der Waals surface area (Å²) in [4.78, 5) is 11.1. The van der Waals surface area contributed by atoms with Gasteiger partial charge in [0, 0.05) is 18.7 Å². The maximum Gasteiger partial charge on any atom is 0.310 e. The first-order chi connectivity index (χ1) is 6.65. The van der Waals surface area contributed by atoms with Crippen molar-refractivity contribution >= 4 is 5.97 Å². The summed E-state index contributed by atoms with van der Waals surface area (Å²) in [7, 11) is 1.63. The number of aliphatic carboxylic acids is 1. The first-order valence-electron chi connectivity index (χ1n) is 5.15. The highest BCUT2D eigenvalue weighted by Gasteiger charge is 2.43. The van der Waals surface area contributed by atoms with Gasteiger partial charge in [0.25, 0.3) is 0 Å². The van der Waals surface area contributed by atoms with Crippen LogP contribution in [0.15, 0.2) is 0 Å². The molecular weight excluding hydrogens is 194 g/mol. The molecule has 1 unspecified atom stereocenters. The second-order valence-electron chi connectivity index (χ2n) is 5.06. The van der Waals surface area contributed by atoms with Gasteiger partial charge < -0.3 is 15.2 Å². The molecule has 0 saturated carbocycles. The Balaban J connectivity index is 4.60. The van der Waals surface area contributed by atoms with Crippen LogP contribution < -0.4 is 5.32 Å². The van der Waals surface area contributed by atoms with Crippen molar-refractivity contribution in [3.05, 3.63) is 0 Å². The molecule has 0 aliphatic carbocycles. The van der Waals surface area contributed by atoms with Gasteiger partial charge in [0.1, 0.15) is 0 Å². The van der Waals surface area contributed by atoms with E-state index in [-0.39, 0.29) is 6.04 Å². The molecule has 0 rings (SSSR count). The monoisotopic (exact) mass is 217 g/mol. The van der Waals surface area contributed by atoms with Crippen LogP contribution in [0, 0.1) is 5.41 Å². The lowest BCUT2D eigenvalue weighted by Crippen LogP contribution is -2.58. The molecule has 0 aromatic carbocycles. The molecule has 0 bridgehead atoms. The summed E-state index contributed by atoms with van der Waals surface area (Å²) in [6, 6.07) is 0.128. The van der Waals surface area contributed by atoms with E-state index < -0.39 is 16.9 Å². The fourth-order valence-corrected chi connectivity index (χ4v) is 1.36. The largest absolute Gasteiger partial charge is 0.481 e. The Kier molecular flexibility index (Phi) is 4.74. The molecule has 4 heteroatoms. The van der Waals surface area contributed by atoms with Gasteiger partial charge in [-0.05, 0) is 34.6 Å². The van der Waals surface area contributed by atoms with Crippen LogP contribution >= 0.6 is 0 Å². The van der Waals surface area contributed by atoms with Crippen molar-refractivity contribution < 1.29 is 14.6 Å². The minimum absolute atomic E-state index is 0.128. The standard InChI is InChI=1S/C11H23NO3/c1-8(7-15-6)12-11(4,5)10(2,3)9(13)14/h8,12H,7H2,1-6H3,(H,13,14). The molecule has 0 aliphatic heterocycles. The van der Waals surface area contributed by atoms with Crippen LogP contribution in [-0.4, -0.2) is 36.4 Å². The number of carbonyl (C=O) groups is 1. The number of rotatable bonds is 6. The van der Waals surface area contributed by atoms with E-state index in [4.69, 9.17) is 9.84 Å². The summed E-state index contributed by atoms with van der Waals surface area (Å²) < 4.78 is 5.01. The lowest BCUT2D eigenvalue weighted by Gasteiger charge is -2.41. The Morgan fingerprint density at radius 3 is 2.20 bits per heavy atom. The maximum absolute atomic E-state index is 11.1. The predicted molar refractivity (Wildman–Crippen MR) is 60.0 cm³/mol. The SMILES string of the molecule is COCC(C)NC(C)(C)C(C)(C)C(=O)O. The molecule has 0 aromatic rings. The summed E-state index contributed by atoms with van der Waals surface area (Å²) in [5.41, 5.74) is -1.31. The number of hydrogen-bond donors (Lipinski definition) is 2. The van der Waals surface area contributed by atoms with Gasteiger partial charge in [-0.3, -0.25) is 4.79 Å². The Morgan fingerprint density at radius 1 is 1.40 bits per heavy atom. The zero-order valence-electron chi connectivity index (χ0n) is 10.5. The van der Waals surface area contributed by atoms with E-state index in [0.29, 0.717) is 6.61 Å². The topological polar surface area (TPSA) is 58.6 Å². The van der Waals surface area contributed by atoms with Gasteiger partial charge in [-0.1, -0.05) is 0 Å². The molecule has 0 fully saturated rings. The molecule has 0 amide bonds. The zero-order valence-corrected chi connectivity index (χ0v) is 10.5. The molecule has 2 N–H and O–H groups in total. The van der Waals surface area contributed by atoms with Crippen molar-refractivity contribution in [1.82, 2.24) is 5.32 Å². The summed E-state index contributed by atoms with van der Waals surface area (Å²) >= 11 is 0. The Labute approximate surface area is 92.0 Å². The van der Waals surface area contributed by atoms with Crippen LogP contribution in [0.2, 0.25) is 0 Å². The highest BCUT2D eigenvalue weighted by Crippen LogP contribution is 2.31. The molecule has 0 spiro atoms. The molecule has 0 saturated heterocycles. The van der Waals surface area contributed by atoms with E-state index >= 15 is 0 Å². The van der Waals surface area contributed by atoms with Crippen LogP contribution in [0.5, 0.6) is 0 Å². The van der Waals surface area contributed by atoms with E-state index in [1.807, 2.05) is 20.8 Å². The minimum atomic E-state index is -0.824. The Morgan fingerprint density at radius 2 is 1.87 bits per heavy atom. The maximum atomic E-state index is 11.1. The molecule has 0 heterocycles. The fourth-order valence-electron chi connectivity index (χ4n) is 1.36. The van der Waals surface area contributed by atoms with Crippen LogP contribution in [0.1, 0.15) is 34.6 Å². The molecule has 15 heavy (non-hydrogen) atoms. The Hall–Kier alpha value is -0.610. The van der Waals surface area contributed by atoms with Crippen molar-refractivity contribution in [2.24, 2.45) is 5.41 Å². The van der Waals surface area contributed by atoms with Crippen molar-refractivity contribution in [3.63, 3.8) is 0 Å². The van der Waals surface area contributed by atoms with Gasteiger partial charge in [0.15, 0.2) is 0 Å². The third-order valence-electron chi connectivity index (χ3n) is 3.12. The third-order valence-corrected chi connectivity index (χ3v) is 3.12. The zero-order chi connectivity index (χ0) is 12.3.